The molecule has 0 spiro atoms. The number of nitrogens with zero attached hydrogens (tertiary/aromatic N) is 3. The summed E-state index contributed by atoms with van der Waals surface area (Å²) < 4.78 is 0. The molecular formula is C7H6N4OS2. The van der Waals surface area contributed by atoms with Gasteiger partial charge in [-0.05, 0) is 0 Å². The van der Waals surface area contributed by atoms with Crippen LogP contribution < -0.4 is 5.32 Å². The van der Waals surface area contributed by atoms with Crippen molar-refractivity contribution in [2.75, 3.05) is 5.32 Å². The topological polar surface area (TPSA) is 67.8 Å². The van der Waals surface area contributed by atoms with Crippen LogP contribution in [0.2, 0.25) is 0 Å². The van der Waals surface area contributed by atoms with Crippen LogP contribution in [0.4, 0.5) is 5.13 Å². The van der Waals surface area contributed by atoms with Crippen LogP contribution in [0.3, 0.4) is 0 Å². The molecule has 0 unspecified atom stereocenters. The van der Waals surface area contributed by atoms with Gasteiger partial charge in [-0.3, -0.25) is 4.79 Å². The number of carbonyl (C=O) groups is 1. The predicted molar refractivity (Wildman–Crippen MR) is 54.4 cm³/mol. The third-order valence-corrected chi connectivity index (χ3v) is 2.67. The van der Waals surface area contributed by atoms with Gasteiger partial charge >= 0.3 is 0 Å². The van der Waals surface area contributed by atoms with Crippen molar-refractivity contribution in [3.8, 4) is 0 Å². The van der Waals surface area contributed by atoms with E-state index < -0.39 is 0 Å². The molecule has 72 valence electrons. The molecule has 0 saturated heterocycles. The Morgan fingerprint density at radius 2 is 2.43 bits per heavy atom. The van der Waals surface area contributed by atoms with Gasteiger partial charge in [-0.15, -0.1) is 21.5 Å². The van der Waals surface area contributed by atoms with Gasteiger partial charge < -0.3 is 5.32 Å². The monoisotopic (exact) mass is 226 g/mol. The first-order chi connectivity index (χ1) is 6.84. The quantitative estimate of drug-likeness (QED) is 0.853. The lowest BCUT2D eigenvalue weighted by molar-refractivity contribution is -0.115. The van der Waals surface area contributed by atoms with Gasteiger partial charge in [-0.25, -0.2) is 4.98 Å². The molecule has 1 amide bonds. The summed E-state index contributed by atoms with van der Waals surface area (Å²) in [5.74, 6) is -0.118. The highest BCUT2D eigenvalue weighted by Gasteiger charge is 2.06. The Hall–Kier alpha value is -1.34. The van der Waals surface area contributed by atoms with Gasteiger partial charge in [0.05, 0.1) is 17.6 Å². The molecule has 7 heteroatoms. The third-order valence-electron chi connectivity index (χ3n) is 1.43. The number of aromatic nitrogens is 3. The van der Waals surface area contributed by atoms with Crippen molar-refractivity contribution in [1.82, 2.24) is 15.2 Å². The van der Waals surface area contributed by atoms with Crippen molar-refractivity contribution in [3.05, 3.63) is 22.1 Å². The molecule has 2 aromatic heterocycles. The fourth-order valence-corrected chi connectivity index (χ4v) is 1.90. The fraction of sp³-hybridized carbons (Fsp3) is 0.143. The maximum atomic E-state index is 11.4. The highest BCUT2D eigenvalue weighted by atomic mass is 32.1. The summed E-state index contributed by atoms with van der Waals surface area (Å²) >= 11 is 2.76. The van der Waals surface area contributed by atoms with Gasteiger partial charge in [-0.1, -0.05) is 11.3 Å². The molecule has 1 N–H and O–H groups in total. The summed E-state index contributed by atoms with van der Waals surface area (Å²) in [5, 5.41) is 12.3. The number of hydrogen-bond acceptors (Lipinski definition) is 6. The molecule has 0 aliphatic heterocycles. The maximum Gasteiger partial charge on any atom is 0.232 e. The Bertz CT molecular complexity index is 359. The largest absolute Gasteiger partial charge is 0.300 e. The summed E-state index contributed by atoms with van der Waals surface area (Å²) in [4.78, 5) is 15.4. The van der Waals surface area contributed by atoms with Crippen LogP contribution in [0.25, 0.3) is 0 Å². The smallest absolute Gasteiger partial charge is 0.232 e. The Labute approximate surface area is 87.8 Å². The van der Waals surface area contributed by atoms with Gasteiger partial charge in [0.15, 0.2) is 0 Å². The molecule has 0 aliphatic rings. The van der Waals surface area contributed by atoms with E-state index in [0.717, 1.165) is 5.69 Å². The first-order valence-corrected chi connectivity index (χ1v) is 5.60. The van der Waals surface area contributed by atoms with E-state index in [4.69, 9.17) is 0 Å². The van der Waals surface area contributed by atoms with E-state index in [1.54, 1.807) is 11.0 Å². The Morgan fingerprint density at radius 1 is 1.50 bits per heavy atom. The number of amides is 1. The summed E-state index contributed by atoms with van der Waals surface area (Å²) in [7, 11) is 0. The van der Waals surface area contributed by atoms with Crippen LogP contribution in [0.5, 0.6) is 0 Å². The first kappa shape index (κ1) is 9.22. The maximum absolute atomic E-state index is 11.4. The summed E-state index contributed by atoms with van der Waals surface area (Å²) in [6.45, 7) is 0. The first-order valence-electron chi connectivity index (χ1n) is 3.77. The van der Waals surface area contributed by atoms with Crippen LogP contribution in [0.15, 0.2) is 16.4 Å². The van der Waals surface area contributed by atoms with E-state index >= 15 is 0 Å². The minimum Gasteiger partial charge on any atom is -0.300 e. The van der Waals surface area contributed by atoms with Gasteiger partial charge in [0.2, 0.25) is 11.0 Å². The van der Waals surface area contributed by atoms with E-state index in [1.165, 1.54) is 22.7 Å². The van der Waals surface area contributed by atoms with E-state index in [2.05, 4.69) is 20.5 Å². The number of rotatable bonds is 3. The minimum atomic E-state index is -0.118. The van der Waals surface area contributed by atoms with Crippen LogP contribution >= 0.6 is 22.7 Å². The van der Waals surface area contributed by atoms with Crippen molar-refractivity contribution in [1.29, 1.82) is 0 Å². The Kier molecular flexibility index (Phi) is 2.80. The molecule has 2 aromatic rings. The lowest BCUT2D eigenvalue weighted by atomic mass is 10.3. The molecule has 14 heavy (non-hydrogen) atoms. The van der Waals surface area contributed by atoms with Gasteiger partial charge in [0.25, 0.3) is 0 Å². The van der Waals surface area contributed by atoms with Gasteiger partial charge in [-0.2, -0.15) is 0 Å². The van der Waals surface area contributed by atoms with Crippen molar-refractivity contribution >= 4 is 33.7 Å². The zero-order valence-corrected chi connectivity index (χ0v) is 8.64. The van der Waals surface area contributed by atoms with Gasteiger partial charge in [0, 0.05) is 5.38 Å². The molecule has 5 nitrogen and oxygen atoms in total. The van der Waals surface area contributed by atoms with E-state index in [9.17, 15) is 4.79 Å². The third kappa shape index (κ3) is 2.33. The van der Waals surface area contributed by atoms with Crippen LogP contribution in [0.1, 0.15) is 5.69 Å². The van der Waals surface area contributed by atoms with Gasteiger partial charge in [0.1, 0.15) is 5.51 Å². The number of thiazole rings is 1. The molecule has 2 rings (SSSR count). The Morgan fingerprint density at radius 3 is 3.07 bits per heavy atom. The number of anilines is 1. The fourth-order valence-electron chi connectivity index (χ4n) is 0.880. The second kappa shape index (κ2) is 4.25. The van der Waals surface area contributed by atoms with E-state index in [0.29, 0.717) is 5.13 Å². The van der Waals surface area contributed by atoms with Crippen LogP contribution in [-0.4, -0.2) is 21.1 Å². The standard InChI is InChI=1S/C7H6N4OS2/c12-6(1-5-2-13-3-8-5)10-7-11-9-4-14-7/h2-4H,1H2,(H,10,11,12). The lowest BCUT2D eigenvalue weighted by Crippen LogP contribution is -2.14. The molecule has 2 heterocycles. The second-order valence-electron chi connectivity index (χ2n) is 2.45. The number of hydrogen-bond donors (Lipinski definition) is 1. The van der Waals surface area contributed by atoms with Crippen LogP contribution in [0, 0.1) is 0 Å². The lowest BCUT2D eigenvalue weighted by Gasteiger charge is -1.97. The number of carbonyl (C=O) groups excluding carboxylic acids is 1. The SMILES string of the molecule is O=C(Cc1cscn1)Nc1nncs1. The average molecular weight is 226 g/mol. The normalized spacial score (nSPS) is 10.0. The molecule has 0 atom stereocenters. The van der Waals surface area contributed by atoms with Crippen molar-refractivity contribution in [3.63, 3.8) is 0 Å². The highest BCUT2D eigenvalue weighted by Crippen LogP contribution is 2.09. The van der Waals surface area contributed by atoms with Crippen molar-refractivity contribution in [2.24, 2.45) is 0 Å². The minimum absolute atomic E-state index is 0.118. The molecule has 0 saturated carbocycles. The molecule has 0 fully saturated rings. The molecule has 0 aliphatic carbocycles. The van der Waals surface area contributed by atoms with Crippen molar-refractivity contribution < 1.29 is 4.79 Å². The summed E-state index contributed by atoms with van der Waals surface area (Å²) in [6.07, 6.45) is 0.281. The highest BCUT2D eigenvalue weighted by molar-refractivity contribution is 7.13. The Balaban J connectivity index is 1.91. The number of nitrogens with one attached hydrogen (secondary N) is 1. The average Bonchev–Trinajstić information content (AvgIpc) is 2.76. The predicted octanol–water partition coefficient (Wildman–Crippen LogP) is 1.18. The molecular weight excluding hydrogens is 220 g/mol. The zero-order chi connectivity index (χ0) is 9.80. The van der Waals surface area contributed by atoms with Crippen LogP contribution in [-0.2, 0) is 11.2 Å². The second-order valence-corrected chi connectivity index (χ2v) is 4.00. The summed E-state index contributed by atoms with van der Waals surface area (Å²) in [5.41, 5.74) is 4.04. The summed E-state index contributed by atoms with van der Waals surface area (Å²) in [6, 6.07) is 0. The van der Waals surface area contributed by atoms with E-state index in [1.807, 2.05) is 5.38 Å². The zero-order valence-electron chi connectivity index (χ0n) is 7.01. The van der Waals surface area contributed by atoms with E-state index in [-0.39, 0.29) is 12.3 Å². The molecule has 0 bridgehead atoms. The molecule has 0 aromatic carbocycles. The molecule has 0 radical (unpaired) electrons. The van der Waals surface area contributed by atoms with Crippen molar-refractivity contribution in [2.45, 2.75) is 6.42 Å².